The van der Waals surface area contributed by atoms with Crippen LogP contribution >= 0.6 is 15.8 Å². The minimum atomic E-state index is -0.887. The molecule has 0 bridgehead atoms. The van der Waals surface area contributed by atoms with E-state index in [0.29, 0.717) is 6.07 Å². The molecule has 0 unspecified atom stereocenters. The molecule has 0 aromatic heterocycles. The molecule has 0 atom stereocenters. The van der Waals surface area contributed by atoms with Crippen molar-refractivity contribution < 1.29 is 15.0 Å². The van der Waals surface area contributed by atoms with Crippen LogP contribution in [0.3, 0.4) is 0 Å². The first-order chi connectivity index (χ1) is 24.9. The predicted octanol–water partition coefficient (Wildman–Crippen LogP) is 8.26. The quantitative estimate of drug-likeness (QED) is 0.0918. The van der Waals surface area contributed by atoms with Crippen LogP contribution < -0.4 is 38.0 Å². The van der Waals surface area contributed by atoms with Gasteiger partial charge in [0.1, 0.15) is 0 Å². The van der Waals surface area contributed by atoms with E-state index in [0.717, 1.165) is 12.1 Å². The zero-order valence-electron chi connectivity index (χ0n) is 28.1. The van der Waals surface area contributed by atoms with Gasteiger partial charge >= 0.3 is 5.69 Å². The van der Waals surface area contributed by atoms with Crippen molar-refractivity contribution >= 4 is 59.0 Å². The molecule has 10 heteroatoms. The van der Waals surface area contributed by atoms with Crippen molar-refractivity contribution in [3.8, 4) is 5.75 Å². The predicted molar refractivity (Wildman–Crippen MR) is 217 cm³/mol. The molecule has 0 aliphatic rings. The third kappa shape index (κ3) is 10.7. The second-order valence-electron chi connectivity index (χ2n) is 10.9. The smallest absolute Gasteiger partial charge is 0.317 e. The number of phenols is 1. The Kier molecular flexibility index (Phi) is 14.9. The average Bonchev–Trinajstić information content (AvgIpc) is 3.18. The molecule has 7 aromatic rings. The monoisotopic (exact) mass is 725 g/mol. The zero-order chi connectivity index (χ0) is 35.8. The fraction of sp³-hybridized carbons (Fsp3) is 0. The van der Waals surface area contributed by atoms with Crippen molar-refractivity contribution in [3.63, 3.8) is 0 Å². The van der Waals surface area contributed by atoms with Gasteiger partial charge in [-0.2, -0.15) is 0 Å². The molecule has 0 aliphatic carbocycles. The molecule has 0 amide bonds. The fourth-order valence-corrected chi connectivity index (χ4v) is 9.74. The molecule has 0 saturated carbocycles. The van der Waals surface area contributed by atoms with Crippen molar-refractivity contribution in [1.29, 1.82) is 0 Å². The standard InChI is InChI=1S/2C18H15P.C6H4N2O5.H3N/c2*1-4-10-16(11-5-1)19(17-12-6-2-7-13-17)18-14-8-3-9-15-18;9-6-2-1-4(7(10)11)3-5(6)8(12)13;/h2*1-15H;1-3,9H;1H3. The lowest BCUT2D eigenvalue weighted by Gasteiger charge is -2.18. The Morgan fingerprint density at radius 1 is 0.385 bits per heavy atom. The van der Waals surface area contributed by atoms with Crippen LogP contribution in [-0.4, -0.2) is 15.0 Å². The molecule has 0 radical (unpaired) electrons. The van der Waals surface area contributed by atoms with Crippen molar-refractivity contribution in [2.24, 2.45) is 0 Å². The number of aromatic hydroxyl groups is 1. The summed E-state index contributed by atoms with van der Waals surface area (Å²) < 4.78 is 0. The molecule has 7 aromatic carbocycles. The Balaban J connectivity index is 0.000000177. The maximum atomic E-state index is 10.2. The Morgan fingerprint density at radius 3 is 0.846 bits per heavy atom. The van der Waals surface area contributed by atoms with E-state index in [4.69, 9.17) is 5.11 Å². The van der Waals surface area contributed by atoms with Crippen molar-refractivity contribution in [2.75, 3.05) is 0 Å². The van der Waals surface area contributed by atoms with Gasteiger partial charge in [0.25, 0.3) is 5.69 Å². The van der Waals surface area contributed by atoms with Crippen LogP contribution in [0.1, 0.15) is 0 Å². The molecule has 52 heavy (non-hydrogen) atoms. The number of hydrogen-bond donors (Lipinski definition) is 2. The van der Waals surface area contributed by atoms with E-state index in [9.17, 15) is 20.2 Å². The Morgan fingerprint density at radius 2 is 0.635 bits per heavy atom. The number of phenolic OH excluding ortho intramolecular Hbond substituents is 1. The molecule has 4 N–H and O–H groups in total. The number of nitrogens with zero attached hydrogens (tertiary/aromatic N) is 2. The summed E-state index contributed by atoms with van der Waals surface area (Å²) in [5.41, 5.74) is -1.10. The summed E-state index contributed by atoms with van der Waals surface area (Å²) in [7, 11) is -0.892. The largest absolute Gasteiger partial charge is 0.502 e. The first-order valence-electron chi connectivity index (χ1n) is 15.9. The zero-order valence-corrected chi connectivity index (χ0v) is 29.9. The van der Waals surface area contributed by atoms with Gasteiger partial charge in [-0.05, 0) is 53.7 Å². The molecule has 0 fully saturated rings. The van der Waals surface area contributed by atoms with Crippen LogP contribution in [0.5, 0.6) is 5.75 Å². The van der Waals surface area contributed by atoms with E-state index in [-0.39, 0.29) is 6.15 Å². The molecule has 0 heterocycles. The normalized spacial score (nSPS) is 10.1. The van der Waals surface area contributed by atoms with Crippen LogP contribution in [0, 0.1) is 20.2 Å². The highest BCUT2D eigenvalue weighted by Gasteiger charge is 2.19. The van der Waals surface area contributed by atoms with Gasteiger partial charge in [-0.25, -0.2) is 0 Å². The highest BCUT2D eigenvalue weighted by molar-refractivity contribution is 7.80. The fourth-order valence-electron chi connectivity index (χ4n) is 5.13. The summed E-state index contributed by atoms with van der Waals surface area (Å²) in [5, 5.41) is 37.7. The van der Waals surface area contributed by atoms with Crippen molar-refractivity contribution in [3.05, 3.63) is 220 Å². The SMILES string of the molecule is N.O=[N+]([O-])c1ccc(O)c([N+](=O)[O-])c1.c1ccc(P(c2ccccc2)c2ccccc2)cc1.c1ccc(P(c2ccccc2)c2ccccc2)cc1. The van der Waals surface area contributed by atoms with Crippen LogP contribution in [0.15, 0.2) is 200 Å². The highest BCUT2D eigenvalue weighted by Crippen LogP contribution is 2.33. The summed E-state index contributed by atoms with van der Waals surface area (Å²) in [6.07, 6.45) is 0. The van der Waals surface area contributed by atoms with E-state index in [2.05, 4.69) is 182 Å². The van der Waals surface area contributed by atoms with E-state index in [1.807, 2.05) is 0 Å². The van der Waals surface area contributed by atoms with Crippen LogP contribution in [0.2, 0.25) is 0 Å². The molecule has 260 valence electrons. The van der Waals surface area contributed by atoms with Crippen LogP contribution in [-0.2, 0) is 0 Å². The van der Waals surface area contributed by atoms with Gasteiger partial charge in [0.15, 0.2) is 5.75 Å². The number of nitro benzene ring substituents is 2. The highest BCUT2D eigenvalue weighted by atomic mass is 31.1. The summed E-state index contributed by atoms with van der Waals surface area (Å²) in [6, 6.07) is 67.3. The lowest BCUT2D eigenvalue weighted by molar-refractivity contribution is -0.394. The third-order valence-electron chi connectivity index (χ3n) is 7.45. The molecule has 8 nitrogen and oxygen atoms in total. The van der Waals surface area contributed by atoms with E-state index >= 15 is 0 Å². The van der Waals surface area contributed by atoms with Gasteiger partial charge in [0.05, 0.1) is 15.9 Å². The average molecular weight is 726 g/mol. The van der Waals surface area contributed by atoms with Gasteiger partial charge in [-0.15, -0.1) is 0 Å². The van der Waals surface area contributed by atoms with Crippen LogP contribution in [0.4, 0.5) is 11.4 Å². The first kappa shape index (κ1) is 38.8. The lowest BCUT2D eigenvalue weighted by Crippen LogP contribution is -2.20. The number of rotatable bonds is 8. The van der Waals surface area contributed by atoms with Gasteiger partial charge < -0.3 is 11.3 Å². The molecule has 0 saturated heterocycles. The van der Waals surface area contributed by atoms with E-state index in [1.165, 1.54) is 31.8 Å². The molecular formula is C42H37N3O5P2. The molecule has 7 rings (SSSR count). The van der Waals surface area contributed by atoms with Crippen molar-refractivity contribution in [2.45, 2.75) is 0 Å². The minimum Gasteiger partial charge on any atom is -0.502 e. The van der Waals surface area contributed by atoms with Crippen molar-refractivity contribution in [1.82, 2.24) is 6.15 Å². The van der Waals surface area contributed by atoms with E-state index in [1.54, 1.807) is 0 Å². The lowest BCUT2D eigenvalue weighted by atomic mass is 10.2. The molecular weight excluding hydrogens is 688 g/mol. The topological polar surface area (TPSA) is 142 Å². The summed E-state index contributed by atoms with van der Waals surface area (Å²) in [6.45, 7) is 0. The number of non-ortho nitro benzene ring substituents is 1. The summed E-state index contributed by atoms with van der Waals surface area (Å²) in [4.78, 5) is 18.7. The molecule has 0 spiro atoms. The summed E-state index contributed by atoms with van der Waals surface area (Å²) in [5.74, 6) is -0.587. The number of hydrogen-bond acceptors (Lipinski definition) is 6. The third-order valence-corrected chi connectivity index (χ3v) is 12.3. The van der Waals surface area contributed by atoms with Gasteiger partial charge in [0.2, 0.25) is 0 Å². The second kappa shape index (κ2) is 20.0. The first-order valence-corrected chi connectivity index (χ1v) is 18.6. The van der Waals surface area contributed by atoms with Gasteiger partial charge in [-0.1, -0.05) is 182 Å². The van der Waals surface area contributed by atoms with E-state index < -0.39 is 42.8 Å². The number of nitro groups is 2. The molecule has 0 aliphatic heterocycles. The van der Waals surface area contributed by atoms with Crippen LogP contribution in [0.25, 0.3) is 0 Å². The second-order valence-corrected chi connectivity index (χ2v) is 15.3. The minimum absolute atomic E-state index is 0. The Hall–Kier alpha value is -6.04. The van der Waals surface area contributed by atoms with Gasteiger partial charge in [-0.3, -0.25) is 20.2 Å². The van der Waals surface area contributed by atoms with Gasteiger partial charge in [0, 0.05) is 6.07 Å². The Bertz CT molecular complexity index is 1810. The Labute approximate surface area is 305 Å². The maximum Gasteiger partial charge on any atom is 0.317 e. The maximum absolute atomic E-state index is 10.2. The summed E-state index contributed by atoms with van der Waals surface area (Å²) >= 11 is 0. The number of benzene rings is 7.